The summed E-state index contributed by atoms with van der Waals surface area (Å²) in [5.41, 5.74) is 7.22. The first kappa shape index (κ1) is 6.82. The van der Waals surface area contributed by atoms with Gasteiger partial charge in [0.05, 0.1) is 0 Å². The first-order valence-corrected chi connectivity index (χ1v) is 6.37. The van der Waals surface area contributed by atoms with Crippen LogP contribution < -0.4 is 10.9 Å². The average molecular weight is 156 g/mol. The lowest BCUT2D eigenvalue weighted by Gasteiger charge is -2.30. The van der Waals surface area contributed by atoms with E-state index < -0.39 is 0 Å². The predicted octanol–water partition coefficient (Wildman–Crippen LogP) is -0.120. The molecule has 1 spiro atoms. The Morgan fingerprint density at radius 1 is 1.20 bits per heavy atom. The van der Waals surface area contributed by atoms with Crippen LogP contribution in [0.2, 0.25) is 12.1 Å². The van der Waals surface area contributed by atoms with Gasteiger partial charge in [-0.15, -0.1) is 0 Å². The van der Waals surface area contributed by atoms with Crippen LogP contribution in [-0.2, 0) is 0 Å². The van der Waals surface area contributed by atoms with Crippen molar-refractivity contribution in [1.29, 1.82) is 0 Å². The second-order valence-corrected chi connectivity index (χ2v) is 5.68. The van der Waals surface area contributed by atoms with E-state index in [1.54, 1.807) is 12.1 Å². The van der Waals surface area contributed by atoms with E-state index in [2.05, 4.69) is 10.9 Å². The van der Waals surface area contributed by atoms with Gasteiger partial charge >= 0.3 is 0 Å². The van der Waals surface area contributed by atoms with Gasteiger partial charge in [-0.05, 0) is 11.8 Å². The van der Waals surface area contributed by atoms with Crippen molar-refractivity contribution in [3.8, 4) is 0 Å². The molecule has 0 radical (unpaired) electrons. The molecule has 2 heterocycles. The van der Waals surface area contributed by atoms with Gasteiger partial charge in [0, 0.05) is 22.6 Å². The number of hydrogen-bond donors (Lipinski definition) is 2. The minimum Gasteiger partial charge on any atom is -0.257 e. The Labute approximate surface area is 64.6 Å². The van der Waals surface area contributed by atoms with E-state index >= 15 is 0 Å². The van der Waals surface area contributed by atoms with E-state index in [1.165, 1.54) is 25.9 Å². The highest BCUT2D eigenvalue weighted by Gasteiger charge is 2.34. The normalized spacial score (nSPS) is 33.6. The van der Waals surface area contributed by atoms with Crippen LogP contribution in [0.1, 0.15) is 12.8 Å². The minimum atomic E-state index is 0.342. The van der Waals surface area contributed by atoms with E-state index in [1.807, 2.05) is 0 Å². The maximum absolute atomic E-state index is 3.26. The Morgan fingerprint density at radius 2 is 2.00 bits per heavy atom. The van der Waals surface area contributed by atoms with Gasteiger partial charge in [0.1, 0.15) is 0 Å². The highest BCUT2D eigenvalue weighted by atomic mass is 28.2. The van der Waals surface area contributed by atoms with Crippen LogP contribution in [0.4, 0.5) is 0 Å². The zero-order chi connectivity index (χ0) is 6.86. The Hall–Kier alpha value is 0.137. The van der Waals surface area contributed by atoms with Crippen LogP contribution >= 0.6 is 0 Å². The van der Waals surface area contributed by atoms with Crippen molar-refractivity contribution in [3.63, 3.8) is 0 Å². The Balaban J connectivity index is 1.98. The molecule has 0 saturated carbocycles. The van der Waals surface area contributed by atoms with E-state index in [-0.39, 0.29) is 0 Å². The maximum atomic E-state index is 3.26. The Bertz CT molecular complexity index is 113. The van der Waals surface area contributed by atoms with Gasteiger partial charge in [0.15, 0.2) is 0 Å². The van der Waals surface area contributed by atoms with Gasteiger partial charge in [-0.2, -0.15) is 0 Å². The molecule has 0 aromatic carbocycles. The summed E-state index contributed by atoms with van der Waals surface area (Å²) in [6.45, 7) is 2.47. The van der Waals surface area contributed by atoms with Crippen molar-refractivity contribution in [2.45, 2.75) is 24.9 Å². The minimum absolute atomic E-state index is 0.342. The second-order valence-electron chi connectivity index (χ2n) is 3.77. The molecule has 0 aromatic rings. The van der Waals surface area contributed by atoms with Gasteiger partial charge < -0.3 is 0 Å². The van der Waals surface area contributed by atoms with Crippen molar-refractivity contribution >= 4 is 9.52 Å². The molecule has 2 rings (SSSR count). The van der Waals surface area contributed by atoms with Crippen molar-refractivity contribution in [2.24, 2.45) is 5.41 Å². The third-order valence-corrected chi connectivity index (χ3v) is 5.38. The third-order valence-electron chi connectivity index (χ3n) is 2.97. The van der Waals surface area contributed by atoms with Gasteiger partial charge in [-0.25, -0.2) is 0 Å². The Morgan fingerprint density at radius 3 is 2.60 bits per heavy atom. The van der Waals surface area contributed by atoms with E-state index in [0.717, 1.165) is 0 Å². The van der Waals surface area contributed by atoms with Crippen LogP contribution in [0, 0.1) is 5.41 Å². The average Bonchev–Trinajstić information content (AvgIpc) is 2.39. The number of hydrogen-bond acceptors (Lipinski definition) is 2. The second kappa shape index (κ2) is 2.64. The Kier molecular flexibility index (Phi) is 1.80. The number of nitrogens with one attached hydrogen (secondary N) is 2. The summed E-state index contributed by atoms with van der Waals surface area (Å²) in [5, 5.41) is 0. The molecule has 10 heavy (non-hydrogen) atoms. The quantitative estimate of drug-likeness (QED) is 0.478. The molecule has 2 fully saturated rings. The molecule has 0 aliphatic carbocycles. The summed E-state index contributed by atoms with van der Waals surface area (Å²) in [6.07, 6.45) is 2.98. The third kappa shape index (κ3) is 1.13. The van der Waals surface area contributed by atoms with E-state index in [9.17, 15) is 0 Å². The van der Waals surface area contributed by atoms with Gasteiger partial charge in [0.2, 0.25) is 0 Å². The molecule has 2 N–H and O–H groups in total. The predicted molar refractivity (Wildman–Crippen MR) is 45.8 cm³/mol. The summed E-state index contributed by atoms with van der Waals surface area (Å²) < 4.78 is 0. The molecular weight excluding hydrogens is 140 g/mol. The highest BCUT2D eigenvalue weighted by Crippen LogP contribution is 2.34. The standard InChI is InChI=1S/C7H16N2Si/c1-2-7(6-10-3-1)4-8-9-5-7/h8-9H,1-6,10H2. The molecule has 0 bridgehead atoms. The fourth-order valence-electron chi connectivity index (χ4n) is 2.22. The summed E-state index contributed by atoms with van der Waals surface area (Å²) in [7, 11) is 0.342. The van der Waals surface area contributed by atoms with Crippen molar-refractivity contribution in [1.82, 2.24) is 10.9 Å². The SMILES string of the molecule is C1C[SiH2]CC2(C1)CNNC2. The summed E-state index contributed by atoms with van der Waals surface area (Å²) in [5.74, 6) is 0. The molecule has 0 unspecified atom stereocenters. The van der Waals surface area contributed by atoms with Crippen LogP contribution in [0.3, 0.4) is 0 Å². The monoisotopic (exact) mass is 156 g/mol. The van der Waals surface area contributed by atoms with E-state index in [0.29, 0.717) is 14.9 Å². The lowest BCUT2D eigenvalue weighted by molar-refractivity contribution is 0.338. The number of rotatable bonds is 0. The van der Waals surface area contributed by atoms with E-state index in [4.69, 9.17) is 0 Å². The first-order valence-electron chi connectivity index (χ1n) is 4.37. The molecular formula is C7H16N2Si. The molecule has 0 aromatic heterocycles. The fraction of sp³-hybridized carbons (Fsp3) is 1.00. The molecule has 2 saturated heterocycles. The smallest absolute Gasteiger partial charge is 0.0205 e. The van der Waals surface area contributed by atoms with Crippen molar-refractivity contribution in [2.75, 3.05) is 13.1 Å². The van der Waals surface area contributed by atoms with Crippen LogP contribution in [0.5, 0.6) is 0 Å². The molecule has 2 aliphatic heterocycles. The lowest BCUT2D eigenvalue weighted by atomic mass is 9.86. The summed E-state index contributed by atoms with van der Waals surface area (Å²) in [6, 6.07) is 3.18. The highest BCUT2D eigenvalue weighted by molar-refractivity contribution is 6.36. The number of hydrazine groups is 1. The molecule has 0 amide bonds. The first-order chi connectivity index (χ1) is 4.91. The van der Waals surface area contributed by atoms with Gasteiger partial charge in [-0.3, -0.25) is 10.9 Å². The summed E-state index contributed by atoms with van der Waals surface area (Å²) >= 11 is 0. The molecule has 58 valence electrons. The molecule has 0 atom stereocenters. The largest absolute Gasteiger partial charge is 0.257 e. The molecule has 2 nitrogen and oxygen atoms in total. The van der Waals surface area contributed by atoms with Crippen molar-refractivity contribution < 1.29 is 0 Å². The zero-order valence-corrected chi connectivity index (χ0v) is 7.86. The van der Waals surface area contributed by atoms with Crippen molar-refractivity contribution in [3.05, 3.63) is 0 Å². The van der Waals surface area contributed by atoms with Gasteiger partial charge in [0.25, 0.3) is 0 Å². The molecule has 2 aliphatic rings. The van der Waals surface area contributed by atoms with Crippen LogP contribution in [0.25, 0.3) is 0 Å². The maximum Gasteiger partial charge on any atom is 0.0205 e. The zero-order valence-electron chi connectivity index (χ0n) is 6.45. The summed E-state index contributed by atoms with van der Waals surface area (Å²) in [4.78, 5) is 0. The topological polar surface area (TPSA) is 24.1 Å². The lowest BCUT2D eigenvalue weighted by Crippen LogP contribution is -2.31. The fourth-order valence-corrected chi connectivity index (χ4v) is 4.42. The van der Waals surface area contributed by atoms with Gasteiger partial charge in [-0.1, -0.05) is 18.5 Å². The molecule has 3 heteroatoms. The van der Waals surface area contributed by atoms with Crippen LogP contribution in [0.15, 0.2) is 0 Å². The van der Waals surface area contributed by atoms with Crippen LogP contribution in [-0.4, -0.2) is 22.6 Å².